The van der Waals surface area contributed by atoms with Crippen molar-refractivity contribution in [3.63, 3.8) is 0 Å². The first-order valence-corrected chi connectivity index (χ1v) is 12.6. The standard InChI is InChI=1S/C24H28N2O5S/c1-24(2,3)31-23(27)26-11-9-17(10-12-26)21-14-18-13-20(25-15-22(18)30-21)16-5-7-19(8-6-16)32(4,28)29/h5-8,13-15,17H,9-12H2,1-4H3. The van der Waals surface area contributed by atoms with Gasteiger partial charge < -0.3 is 14.1 Å². The molecule has 0 aliphatic carbocycles. The molecule has 7 nitrogen and oxygen atoms in total. The quantitative estimate of drug-likeness (QED) is 0.550. The molecule has 0 radical (unpaired) electrons. The minimum absolute atomic E-state index is 0.235. The van der Waals surface area contributed by atoms with E-state index >= 15 is 0 Å². The van der Waals surface area contributed by atoms with Gasteiger partial charge in [0.25, 0.3) is 0 Å². The van der Waals surface area contributed by atoms with Gasteiger partial charge in [0.2, 0.25) is 0 Å². The van der Waals surface area contributed by atoms with Gasteiger partial charge in [-0.15, -0.1) is 0 Å². The van der Waals surface area contributed by atoms with E-state index in [9.17, 15) is 13.2 Å². The Balaban J connectivity index is 1.48. The Hall–Kier alpha value is -2.87. The minimum Gasteiger partial charge on any atom is -0.459 e. The third-order valence-electron chi connectivity index (χ3n) is 5.55. The number of aromatic nitrogens is 1. The maximum absolute atomic E-state index is 12.3. The molecule has 1 fully saturated rings. The summed E-state index contributed by atoms with van der Waals surface area (Å²) in [6.07, 6.45) is 4.25. The maximum atomic E-state index is 12.3. The lowest BCUT2D eigenvalue weighted by Crippen LogP contribution is -2.41. The maximum Gasteiger partial charge on any atom is 0.410 e. The number of hydrogen-bond acceptors (Lipinski definition) is 6. The van der Waals surface area contributed by atoms with Crippen molar-refractivity contribution in [3.8, 4) is 11.3 Å². The van der Waals surface area contributed by atoms with Crippen molar-refractivity contribution in [2.75, 3.05) is 19.3 Å². The van der Waals surface area contributed by atoms with Gasteiger partial charge in [-0.3, -0.25) is 4.98 Å². The van der Waals surface area contributed by atoms with Crippen molar-refractivity contribution < 1.29 is 22.4 Å². The molecule has 3 aromatic rings. The van der Waals surface area contributed by atoms with Crippen LogP contribution >= 0.6 is 0 Å². The van der Waals surface area contributed by atoms with E-state index in [1.165, 1.54) is 6.26 Å². The number of likely N-dealkylation sites (tertiary alicyclic amines) is 1. The van der Waals surface area contributed by atoms with E-state index in [2.05, 4.69) is 4.98 Å². The van der Waals surface area contributed by atoms with Crippen molar-refractivity contribution in [1.82, 2.24) is 9.88 Å². The number of sulfone groups is 1. The summed E-state index contributed by atoms with van der Waals surface area (Å²) in [5.41, 5.74) is 1.81. The van der Waals surface area contributed by atoms with Crippen LogP contribution in [0.1, 0.15) is 45.3 Å². The first-order valence-electron chi connectivity index (χ1n) is 10.7. The second kappa shape index (κ2) is 8.24. The Morgan fingerprint density at radius 3 is 2.38 bits per heavy atom. The van der Waals surface area contributed by atoms with Gasteiger partial charge in [0, 0.05) is 36.2 Å². The fraction of sp³-hybridized carbons (Fsp3) is 0.417. The number of hydrogen-bond donors (Lipinski definition) is 0. The summed E-state index contributed by atoms with van der Waals surface area (Å²) in [5, 5.41) is 0.951. The van der Waals surface area contributed by atoms with E-state index in [-0.39, 0.29) is 16.9 Å². The van der Waals surface area contributed by atoms with Gasteiger partial charge in [0.05, 0.1) is 16.8 Å². The third kappa shape index (κ3) is 4.96. The fourth-order valence-corrected chi connectivity index (χ4v) is 4.50. The molecule has 0 unspecified atom stereocenters. The largest absolute Gasteiger partial charge is 0.459 e. The summed E-state index contributed by atoms with van der Waals surface area (Å²) < 4.78 is 34.9. The smallest absolute Gasteiger partial charge is 0.410 e. The minimum atomic E-state index is -3.23. The van der Waals surface area contributed by atoms with Gasteiger partial charge in [-0.1, -0.05) is 12.1 Å². The van der Waals surface area contributed by atoms with Crippen molar-refractivity contribution in [2.24, 2.45) is 0 Å². The lowest BCUT2D eigenvalue weighted by molar-refractivity contribution is 0.0200. The van der Waals surface area contributed by atoms with Crippen LogP contribution in [0.4, 0.5) is 4.79 Å². The first kappa shape index (κ1) is 22.3. The Morgan fingerprint density at radius 2 is 1.78 bits per heavy atom. The van der Waals surface area contributed by atoms with E-state index in [1.807, 2.05) is 32.9 Å². The molecule has 3 heterocycles. The van der Waals surface area contributed by atoms with Crippen LogP contribution in [0.3, 0.4) is 0 Å². The second-order valence-electron chi connectivity index (χ2n) is 9.29. The topological polar surface area (TPSA) is 89.7 Å². The molecule has 1 aliphatic rings. The average Bonchev–Trinajstić information content (AvgIpc) is 3.15. The Labute approximate surface area is 188 Å². The summed E-state index contributed by atoms with van der Waals surface area (Å²) in [5.74, 6) is 1.13. The zero-order valence-corrected chi connectivity index (χ0v) is 19.6. The molecule has 1 amide bonds. The number of ether oxygens (including phenoxy) is 1. The van der Waals surface area contributed by atoms with Crippen molar-refractivity contribution >= 4 is 26.9 Å². The highest BCUT2D eigenvalue weighted by Gasteiger charge is 2.29. The van der Waals surface area contributed by atoms with Crippen molar-refractivity contribution in [1.29, 1.82) is 0 Å². The Morgan fingerprint density at radius 1 is 1.12 bits per heavy atom. The van der Waals surface area contributed by atoms with Crippen LogP contribution in [0, 0.1) is 0 Å². The van der Waals surface area contributed by atoms with E-state index < -0.39 is 15.4 Å². The number of fused-ring (bicyclic) bond motifs is 1. The lowest BCUT2D eigenvalue weighted by Gasteiger charge is -2.32. The highest BCUT2D eigenvalue weighted by atomic mass is 32.2. The van der Waals surface area contributed by atoms with Crippen LogP contribution in [0.15, 0.2) is 51.9 Å². The molecule has 0 spiro atoms. The summed E-state index contributed by atoms with van der Waals surface area (Å²) in [6.45, 7) is 6.87. The van der Waals surface area contributed by atoms with E-state index in [0.717, 1.165) is 35.2 Å². The highest BCUT2D eigenvalue weighted by molar-refractivity contribution is 7.90. The Bertz CT molecular complexity index is 1230. The molecule has 4 rings (SSSR count). The monoisotopic (exact) mass is 456 g/mol. The normalized spacial score (nSPS) is 15.8. The number of amides is 1. The zero-order valence-electron chi connectivity index (χ0n) is 18.8. The Kier molecular flexibility index (Phi) is 5.75. The molecule has 8 heteroatoms. The molecule has 1 saturated heterocycles. The summed E-state index contributed by atoms with van der Waals surface area (Å²) in [6, 6.07) is 10.7. The number of benzene rings is 1. The number of carbonyl (C=O) groups excluding carboxylic acids is 1. The molecule has 170 valence electrons. The molecule has 0 atom stereocenters. The number of piperidine rings is 1. The summed E-state index contributed by atoms with van der Waals surface area (Å²) in [4.78, 5) is 18.8. The van der Waals surface area contributed by atoms with Gasteiger partial charge in [-0.05, 0) is 57.9 Å². The first-order chi connectivity index (χ1) is 15.0. The van der Waals surface area contributed by atoms with Crippen LogP contribution in [-0.2, 0) is 14.6 Å². The zero-order chi connectivity index (χ0) is 23.1. The molecular formula is C24H28N2O5S. The molecular weight excluding hydrogens is 428 g/mol. The van der Waals surface area contributed by atoms with Crippen LogP contribution < -0.4 is 0 Å². The third-order valence-corrected chi connectivity index (χ3v) is 6.68. The second-order valence-corrected chi connectivity index (χ2v) is 11.3. The fourth-order valence-electron chi connectivity index (χ4n) is 3.87. The lowest BCUT2D eigenvalue weighted by atomic mass is 9.94. The van der Waals surface area contributed by atoms with Crippen LogP contribution in [0.2, 0.25) is 0 Å². The van der Waals surface area contributed by atoms with Crippen molar-refractivity contribution in [2.45, 2.75) is 50.0 Å². The van der Waals surface area contributed by atoms with Gasteiger partial charge >= 0.3 is 6.09 Å². The number of nitrogens with zero attached hydrogens (tertiary/aromatic N) is 2. The van der Waals surface area contributed by atoms with Gasteiger partial charge in [-0.25, -0.2) is 13.2 Å². The van der Waals surface area contributed by atoms with Crippen LogP contribution in [0.25, 0.3) is 22.2 Å². The van der Waals surface area contributed by atoms with E-state index in [4.69, 9.17) is 9.15 Å². The summed E-state index contributed by atoms with van der Waals surface area (Å²) in [7, 11) is -3.23. The summed E-state index contributed by atoms with van der Waals surface area (Å²) >= 11 is 0. The van der Waals surface area contributed by atoms with Crippen LogP contribution in [0.5, 0.6) is 0 Å². The number of rotatable bonds is 3. The van der Waals surface area contributed by atoms with E-state index in [1.54, 1.807) is 35.4 Å². The predicted octanol–water partition coefficient (Wildman–Crippen LogP) is 5.01. The highest BCUT2D eigenvalue weighted by Crippen LogP contribution is 2.34. The molecule has 0 saturated carbocycles. The van der Waals surface area contributed by atoms with Gasteiger partial charge in [-0.2, -0.15) is 0 Å². The van der Waals surface area contributed by atoms with Crippen molar-refractivity contribution in [3.05, 3.63) is 48.4 Å². The average molecular weight is 457 g/mol. The van der Waals surface area contributed by atoms with Gasteiger partial charge in [0.15, 0.2) is 15.4 Å². The molecule has 1 aliphatic heterocycles. The van der Waals surface area contributed by atoms with Gasteiger partial charge in [0.1, 0.15) is 11.4 Å². The number of furan rings is 1. The van der Waals surface area contributed by atoms with Crippen LogP contribution in [-0.4, -0.2) is 49.3 Å². The molecule has 0 N–H and O–H groups in total. The SMILES string of the molecule is CC(C)(C)OC(=O)N1CCC(c2cc3cc(-c4ccc(S(C)(=O)=O)cc4)ncc3o2)CC1. The molecule has 1 aromatic carbocycles. The predicted molar refractivity (Wildman–Crippen MR) is 122 cm³/mol. The van der Waals surface area contributed by atoms with E-state index in [0.29, 0.717) is 18.7 Å². The number of carbonyl (C=O) groups is 1. The molecule has 32 heavy (non-hydrogen) atoms. The molecule has 0 bridgehead atoms. The number of pyridine rings is 1. The molecule has 2 aromatic heterocycles.